The molecule has 110 valence electrons. The van der Waals surface area contributed by atoms with Gasteiger partial charge in [0, 0.05) is 5.56 Å². The van der Waals surface area contributed by atoms with Crippen LogP contribution in [-0.4, -0.2) is 25.7 Å². The molecule has 0 saturated heterocycles. The summed E-state index contributed by atoms with van der Waals surface area (Å²) in [5, 5.41) is 19.0. The van der Waals surface area contributed by atoms with E-state index in [4.69, 9.17) is 0 Å². The molecule has 4 nitrogen and oxygen atoms in total. The third-order valence-corrected chi connectivity index (χ3v) is 4.20. The number of aliphatic hydroxyl groups is 1. The van der Waals surface area contributed by atoms with Crippen molar-refractivity contribution in [2.24, 2.45) is 0 Å². The summed E-state index contributed by atoms with van der Waals surface area (Å²) in [6.07, 6.45) is 8.86. The van der Waals surface area contributed by atoms with Gasteiger partial charge in [-0.05, 0) is 24.5 Å². The van der Waals surface area contributed by atoms with Gasteiger partial charge in [-0.2, -0.15) is 0 Å². The standard InChI is InChI=1S/C17H21N3O/c1-2-14-7-6-8-15(11-14)16-12-20(19-18-16)13-17(21)9-4-3-5-10-17/h2,6-8,11-12,21H,1,3-5,9-10,13H2. The predicted octanol–water partition coefficient (Wildman–Crippen LogP) is 3.28. The largest absolute Gasteiger partial charge is 0.388 e. The predicted molar refractivity (Wildman–Crippen MR) is 83.6 cm³/mol. The number of hydrogen-bond donors (Lipinski definition) is 1. The summed E-state index contributed by atoms with van der Waals surface area (Å²) in [5.74, 6) is 0. The SMILES string of the molecule is C=Cc1cccc(-c2cn(CC3(O)CCCCC3)nn2)c1. The van der Waals surface area contributed by atoms with Gasteiger partial charge in [-0.3, -0.25) is 0 Å². The molecule has 1 aromatic heterocycles. The topological polar surface area (TPSA) is 50.9 Å². The summed E-state index contributed by atoms with van der Waals surface area (Å²) in [7, 11) is 0. The second kappa shape index (κ2) is 5.82. The van der Waals surface area contributed by atoms with Crippen LogP contribution in [0.3, 0.4) is 0 Å². The molecule has 21 heavy (non-hydrogen) atoms. The first-order valence-corrected chi connectivity index (χ1v) is 7.54. The van der Waals surface area contributed by atoms with Gasteiger partial charge in [-0.15, -0.1) is 5.10 Å². The third-order valence-electron chi connectivity index (χ3n) is 4.20. The van der Waals surface area contributed by atoms with Crippen LogP contribution in [-0.2, 0) is 6.54 Å². The van der Waals surface area contributed by atoms with Crippen molar-refractivity contribution in [3.8, 4) is 11.3 Å². The lowest BCUT2D eigenvalue weighted by molar-refractivity contribution is -0.0146. The molecule has 3 rings (SSSR count). The maximum Gasteiger partial charge on any atom is 0.113 e. The van der Waals surface area contributed by atoms with E-state index in [1.807, 2.05) is 36.5 Å². The lowest BCUT2D eigenvalue weighted by Gasteiger charge is -2.31. The molecule has 1 aliphatic carbocycles. The molecule has 0 aliphatic heterocycles. The first-order chi connectivity index (χ1) is 10.2. The van der Waals surface area contributed by atoms with Crippen LogP contribution in [0.5, 0.6) is 0 Å². The van der Waals surface area contributed by atoms with Crippen molar-refractivity contribution in [3.05, 3.63) is 42.6 Å². The maximum absolute atomic E-state index is 10.6. The van der Waals surface area contributed by atoms with Gasteiger partial charge in [-0.25, -0.2) is 4.68 Å². The summed E-state index contributed by atoms with van der Waals surface area (Å²) in [5.41, 5.74) is 2.30. The van der Waals surface area contributed by atoms with Crippen molar-refractivity contribution in [3.63, 3.8) is 0 Å². The number of hydrogen-bond acceptors (Lipinski definition) is 3. The zero-order chi connectivity index (χ0) is 14.7. The van der Waals surface area contributed by atoms with Gasteiger partial charge in [0.1, 0.15) is 5.69 Å². The monoisotopic (exact) mass is 283 g/mol. The van der Waals surface area contributed by atoms with Crippen molar-refractivity contribution in [1.82, 2.24) is 15.0 Å². The van der Waals surface area contributed by atoms with Gasteiger partial charge in [0.15, 0.2) is 0 Å². The van der Waals surface area contributed by atoms with E-state index < -0.39 is 5.60 Å². The molecule has 0 bridgehead atoms. The van der Waals surface area contributed by atoms with Gasteiger partial charge in [-0.1, -0.05) is 55.3 Å². The van der Waals surface area contributed by atoms with E-state index in [-0.39, 0.29) is 0 Å². The molecular formula is C17H21N3O. The van der Waals surface area contributed by atoms with E-state index in [1.54, 1.807) is 4.68 Å². The molecule has 0 amide bonds. The molecule has 1 heterocycles. The molecule has 1 fully saturated rings. The maximum atomic E-state index is 10.6. The van der Waals surface area contributed by atoms with E-state index in [9.17, 15) is 5.11 Å². The fourth-order valence-corrected chi connectivity index (χ4v) is 3.00. The van der Waals surface area contributed by atoms with E-state index in [1.165, 1.54) is 6.42 Å². The molecule has 1 aliphatic rings. The lowest BCUT2D eigenvalue weighted by atomic mass is 9.85. The van der Waals surface area contributed by atoms with Crippen LogP contribution in [0.25, 0.3) is 17.3 Å². The number of nitrogens with zero attached hydrogens (tertiary/aromatic N) is 3. The minimum Gasteiger partial charge on any atom is -0.388 e. The highest BCUT2D eigenvalue weighted by molar-refractivity contribution is 5.63. The molecule has 0 atom stereocenters. The van der Waals surface area contributed by atoms with Crippen LogP contribution in [0.4, 0.5) is 0 Å². The summed E-state index contributed by atoms with van der Waals surface area (Å²) in [4.78, 5) is 0. The van der Waals surface area contributed by atoms with Gasteiger partial charge in [0.25, 0.3) is 0 Å². The zero-order valence-electron chi connectivity index (χ0n) is 12.2. The smallest absolute Gasteiger partial charge is 0.113 e. The van der Waals surface area contributed by atoms with Crippen LogP contribution < -0.4 is 0 Å². The Labute approximate surface area is 125 Å². The van der Waals surface area contributed by atoms with Crippen molar-refractivity contribution in [2.45, 2.75) is 44.2 Å². The van der Waals surface area contributed by atoms with E-state index in [2.05, 4.69) is 16.9 Å². The molecule has 1 N–H and O–H groups in total. The van der Waals surface area contributed by atoms with Crippen molar-refractivity contribution in [1.29, 1.82) is 0 Å². The molecule has 1 saturated carbocycles. The Balaban J connectivity index is 1.78. The van der Waals surface area contributed by atoms with Crippen LogP contribution >= 0.6 is 0 Å². The van der Waals surface area contributed by atoms with Gasteiger partial charge < -0.3 is 5.11 Å². The summed E-state index contributed by atoms with van der Waals surface area (Å²) in [6.45, 7) is 4.31. The van der Waals surface area contributed by atoms with Gasteiger partial charge in [0.05, 0.1) is 18.3 Å². The van der Waals surface area contributed by atoms with E-state index in [0.717, 1.165) is 42.5 Å². The van der Waals surface area contributed by atoms with Gasteiger partial charge in [0.2, 0.25) is 0 Å². The Morgan fingerprint density at radius 2 is 2.10 bits per heavy atom. The number of benzene rings is 1. The Bertz CT molecular complexity index is 626. The summed E-state index contributed by atoms with van der Waals surface area (Å²) in [6, 6.07) is 8.04. The second-order valence-electron chi connectivity index (χ2n) is 5.92. The van der Waals surface area contributed by atoms with Crippen LogP contribution in [0.15, 0.2) is 37.0 Å². The first kappa shape index (κ1) is 14.0. The van der Waals surface area contributed by atoms with Crippen molar-refractivity contribution < 1.29 is 5.11 Å². The Morgan fingerprint density at radius 3 is 2.86 bits per heavy atom. The van der Waals surface area contributed by atoms with Crippen LogP contribution in [0.2, 0.25) is 0 Å². The Hall–Kier alpha value is -1.94. The molecule has 0 unspecified atom stereocenters. The second-order valence-corrected chi connectivity index (χ2v) is 5.92. The third kappa shape index (κ3) is 3.22. The Morgan fingerprint density at radius 1 is 1.29 bits per heavy atom. The average molecular weight is 283 g/mol. The van der Waals surface area contributed by atoms with Gasteiger partial charge >= 0.3 is 0 Å². The molecule has 1 aromatic carbocycles. The van der Waals surface area contributed by atoms with E-state index >= 15 is 0 Å². The zero-order valence-corrected chi connectivity index (χ0v) is 12.2. The highest BCUT2D eigenvalue weighted by atomic mass is 16.3. The average Bonchev–Trinajstić information content (AvgIpc) is 2.96. The summed E-state index contributed by atoms with van der Waals surface area (Å²) < 4.78 is 1.77. The van der Waals surface area contributed by atoms with Crippen molar-refractivity contribution in [2.75, 3.05) is 0 Å². The minimum absolute atomic E-state index is 0.529. The fourth-order valence-electron chi connectivity index (χ4n) is 3.00. The fraction of sp³-hybridized carbons (Fsp3) is 0.412. The van der Waals surface area contributed by atoms with Crippen LogP contribution in [0, 0.1) is 0 Å². The normalized spacial score (nSPS) is 17.6. The molecule has 0 radical (unpaired) electrons. The molecule has 4 heteroatoms. The number of rotatable bonds is 4. The quantitative estimate of drug-likeness (QED) is 0.936. The highest BCUT2D eigenvalue weighted by Gasteiger charge is 2.30. The van der Waals surface area contributed by atoms with Crippen LogP contribution in [0.1, 0.15) is 37.7 Å². The minimum atomic E-state index is -0.619. The highest BCUT2D eigenvalue weighted by Crippen LogP contribution is 2.29. The number of aromatic nitrogens is 3. The Kier molecular flexibility index (Phi) is 3.88. The van der Waals surface area contributed by atoms with E-state index in [0.29, 0.717) is 6.54 Å². The lowest BCUT2D eigenvalue weighted by Crippen LogP contribution is -2.36. The first-order valence-electron chi connectivity index (χ1n) is 7.54. The molecule has 2 aromatic rings. The summed E-state index contributed by atoms with van der Waals surface area (Å²) >= 11 is 0. The molecular weight excluding hydrogens is 262 g/mol. The molecule has 0 spiro atoms. The van der Waals surface area contributed by atoms with Crippen molar-refractivity contribution >= 4 is 6.08 Å².